The van der Waals surface area contributed by atoms with Gasteiger partial charge >= 0.3 is 0 Å². The molecule has 0 atom stereocenters. The van der Waals surface area contributed by atoms with Gasteiger partial charge in [-0.15, -0.1) is 21.5 Å². The summed E-state index contributed by atoms with van der Waals surface area (Å²) < 4.78 is 1.91. The molecule has 0 aliphatic carbocycles. The van der Waals surface area contributed by atoms with E-state index in [9.17, 15) is 4.79 Å². The largest absolute Gasteiger partial charge is 0.323 e. The summed E-state index contributed by atoms with van der Waals surface area (Å²) in [7, 11) is 1.90. The number of amides is 1. The van der Waals surface area contributed by atoms with Gasteiger partial charge in [-0.3, -0.25) is 4.79 Å². The Labute approximate surface area is 152 Å². The summed E-state index contributed by atoms with van der Waals surface area (Å²) in [6.07, 6.45) is 2.31. The number of hydrogen-bond donors (Lipinski definition) is 1. The van der Waals surface area contributed by atoms with E-state index >= 15 is 0 Å². The third-order valence-corrected chi connectivity index (χ3v) is 5.40. The molecule has 0 radical (unpaired) electrons. The van der Waals surface area contributed by atoms with E-state index in [1.807, 2.05) is 23.1 Å². The summed E-state index contributed by atoms with van der Waals surface area (Å²) >= 11 is 8.94. The molecule has 9 heteroatoms. The molecule has 3 aromatic heterocycles. The number of halogens is 1. The van der Waals surface area contributed by atoms with Crippen molar-refractivity contribution in [1.82, 2.24) is 19.7 Å². The number of anilines is 1. The standard InChI is InChI=1S/C15H14ClN5OS2/c1-21-12(8-10-4-3-7-23-10)19-20-15(21)24-9-13(22)18-11-5-2-6-17-14(11)16/h2-7H,8-9H2,1H3,(H,18,22). The fraction of sp³-hybridized carbons (Fsp3) is 0.200. The number of nitrogens with zero attached hydrogens (tertiary/aromatic N) is 4. The highest BCUT2D eigenvalue weighted by atomic mass is 35.5. The van der Waals surface area contributed by atoms with Crippen molar-refractivity contribution in [2.75, 3.05) is 11.1 Å². The predicted molar refractivity (Wildman–Crippen MR) is 96.7 cm³/mol. The predicted octanol–water partition coefficient (Wildman–Crippen LogP) is 3.25. The van der Waals surface area contributed by atoms with Crippen LogP contribution in [0.5, 0.6) is 0 Å². The van der Waals surface area contributed by atoms with Crippen LogP contribution in [0.15, 0.2) is 41.0 Å². The van der Waals surface area contributed by atoms with Crippen molar-refractivity contribution in [2.24, 2.45) is 7.05 Å². The van der Waals surface area contributed by atoms with Crippen molar-refractivity contribution >= 4 is 46.3 Å². The van der Waals surface area contributed by atoms with Gasteiger partial charge < -0.3 is 9.88 Å². The molecule has 3 rings (SSSR count). The number of carbonyl (C=O) groups excluding carboxylic acids is 1. The first-order valence-electron chi connectivity index (χ1n) is 7.07. The zero-order chi connectivity index (χ0) is 16.9. The van der Waals surface area contributed by atoms with Crippen LogP contribution in [0.2, 0.25) is 5.15 Å². The van der Waals surface area contributed by atoms with Crippen molar-refractivity contribution in [3.63, 3.8) is 0 Å². The van der Waals surface area contributed by atoms with Gasteiger partial charge in [0.1, 0.15) is 5.82 Å². The molecule has 24 heavy (non-hydrogen) atoms. The number of thioether (sulfide) groups is 1. The zero-order valence-electron chi connectivity index (χ0n) is 12.8. The number of nitrogens with one attached hydrogen (secondary N) is 1. The fourth-order valence-electron chi connectivity index (χ4n) is 1.99. The van der Waals surface area contributed by atoms with Crippen molar-refractivity contribution in [1.29, 1.82) is 0 Å². The minimum Gasteiger partial charge on any atom is -0.323 e. The molecule has 0 fully saturated rings. The molecule has 3 heterocycles. The number of aromatic nitrogens is 4. The zero-order valence-corrected chi connectivity index (χ0v) is 15.2. The highest BCUT2D eigenvalue weighted by Crippen LogP contribution is 2.21. The van der Waals surface area contributed by atoms with E-state index in [1.165, 1.54) is 16.6 Å². The molecule has 1 N–H and O–H groups in total. The van der Waals surface area contributed by atoms with E-state index in [0.717, 1.165) is 12.2 Å². The van der Waals surface area contributed by atoms with Crippen LogP contribution in [0.1, 0.15) is 10.7 Å². The van der Waals surface area contributed by atoms with Crippen molar-refractivity contribution in [2.45, 2.75) is 11.6 Å². The second kappa shape index (κ2) is 7.78. The summed E-state index contributed by atoms with van der Waals surface area (Å²) in [6.45, 7) is 0. The number of rotatable bonds is 6. The molecule has 0 bridgehead atoms. The van der Waals surface area contributed by atoms with Crippen LogP contribution in [-0.4, -0.2) is 31.4 Å². The molecular weight excluding hydrogens is 366 g/mol. The first-order chi connectivity index (χ1) is 11.6. The van der Waals surface area contributed by atoms with Crippen LogP contribution >= 0.6 is 34.7 Å². The van der Waals surface area contributed by atoms with Gasteiger partial charge in [-0.2, -0.15) is 0 Å². The average Bonchev–Trinajstić information content (AvgIpc) is 3.19. The number of pyridine rings is 1. The van der Waals surface area contributed by atoms with E-state index in [0.29, 0.717) is 10.8 Å². The van der Waals surface area contributed by atoms with Gasteiger partial charge in [-0.1, -0.05) is 29.4 Å². The Hall–Kier alpha value is -1.90. The lowest BCUT2D eigenvalue weighted by atomic mass is 10.3. The molecule has 0 aromatic carbocycles. The number of hydrogen-bond acceptors (Lipinski definition) is 6. The highest BCUT2D eigenvalue weighted by molar-refractivity contribution is 7.99. The van der Waals surface area contributed by atoms with Crippen molar-refractivity contribution in [3.8, 4) is 0 Å². The minimum absolute atomic E-state index is 0.169. The summed E-state index contributed by atoms with van der Waals surface area (Å²) in [6, 6.07) is 7.50. The van der Waals surface area contributed by atoms with Crippen molar-refractivity contribution in [3.05, 3.63) is 51.7 Å². The fourth-order valence-corrected chi connectivity index (χ4v) is 3.59. The maximum atomic E-state index is 12.0. The first-order valence-corrected chi connectivity index (χ1v) is 9.31. The lowest BCUT2D eigenvalue weighted by Gasteiger charge is -2.06. The lowest BCUT2D eigenvalue weighted by Crippen LogP contribution is -2.15. The second-order valence-corrected chi connectivity index (χ2v) is 7.23. The van der Waals surface area contributed by atoms with E-state index in [-0.39, 0.29) is 16.8 Å². The Morgan fingerprint density at radius 2 is 2.25 bits per heavy atom. The molecule has 0 aliphatic heterocycles. The minimum atomic E-state index is -0.169. The Bertz CT molecular complexity index is 834. The number of thiophene rings is 1. The molecule has 6 nitrogen and oxygen atoms in total. The Morgan fingerprint density at radius 1 is 1.38 bits per heavy atom. The Balaban J connectivity index is 1.58. The summed E-state index contributed by atoms with van der Waals surface area (Å²) in [5, 5.41) is 14.1. The highest BCUT2D eigenvalue weighted by Gasteiger charge is 2.13. The summed E-state index contributed by atoms with van der Waals surface area (Å²) in [5.74, 6) is 0.921. The van der Waals surface area contributed by atoms with Gasteiger partial charge in [-0.25, -0.2) is 4.98 Å². The molecular formula is C15H14ClN5OS2. The van der Waals surface area contributed by atoms with Gasteiger partial charge in [-0.05, 0) is 23.6 Å². The second-order valence-electron chi connectivity index (χ2n) is 4.89. The maximum absolute atomic E-state index is 12.0. The summed E-state index contributed by atoms with van der Waals surface area (Å²) in [5.41, 5.74) is 0.501. The van der Waals surface area contributed by atoms with Gasteiger partial charge in [0.2, 0.25) is 5.91 Å². The van der Waals surface area contributed by atoms with E-state index in [1.54, 1.807) is 29.7 Å². The van der Waals surface area contributed by atoms with Crippen molar-refractivity contribution < 1.29 is 4.79 Å². The molecule has 0 aliphatic rings. The molecule has 0 spiro atoms. The van der Waals surface area contributed by atoms with E-state index in [4.69, 9.17) is 11.6 Å². The molecule has 124 valence electrons. The topological polar surface area (TPSA) is 72.7 Å². The average molecular weight is 380 g/mol. The quantitative estimate of drug-likeness (QED) is 0.525. The SMILES string of the molecule is Cn1c(Cc2cccs2)nnc1SCC(=O)Nc1cccnc1Cl. The normalized spacial score (nSPS) is 10.8. The van der Waals surface area contributed by atoms with E-state index < -0.39 is 0 Å². The first kappa shape index (κ1) is 16.9. The summed E-state index contributed by atoms with van der Waals surface area (Å²) in [4.78, 5) is 17.2. The number of carbonyl (C=O) groups is 1. The molecule has 0 unspecified atom stereocenters. The van der Waals surface area contributed by atoms with Crippen LogP contribution < -0.4 is 5.32 Å². The van der Waals surface area contributed by atoms with Gasteiger partial charge in [0.15, 0.2) is 10.3 Å². The monoisotopic (exact) mass is 379 g/mol. The van der Waals surface area contributed by atoms with Crippen LogP contribution in [-0.2, 0) is 18.3 Å². The van der Waals surface area contributed by atoms with Crippen LogP contribution in [0, 0.1) is 0 Å². The van der Waals surface area contributed by atoms with Crippen LogP contribution in [0.3, 0.4) is 0 Å². The van der Waals surface area contributed by atoms with Gasteiger partial charge in [0.25, 0.3) is 0 Å². The lowest BCUT2D eigenvalue weighted by molar-refractivity contribution is -0.113. The van der Waals surface area contributed by atoms with Crippen LogP contribution in [0.4, 0.5) is 5.69 Å². The Morgan fingerprint density at radius 3 is 3.00 bits per heavy atom. The van der Waals surface area contributed by atoms with Crippen LogP contribution in [0.25, 0.3) is 0 Å². The smallest absolute Gasteiger partial charge is 0.234 e. The molecule has 1 amide bonds. The third-order valence-electron chi connectivity index (χ3n) is 3.20. The van der Waals surface area contributed by atoms with E-state index in [2.05, 4.69) is 26.6 Å². The molecule has 0 saturated carbocycles. The Kier molecular flexibility index (Phi) is 5.49. The van der Waals surface area contributed by atoms with Gasteiger partial charge in [0.05, 0.1) is 11.4 Å². The van der Waals surface area contributed by atoms with Gasteiger partial charge in [0, 0.05) is 24.5 Å². The molecule has 3 aromatic rings. The maximum Gasteiger partial charge on any atom is 0.234 e. The molecule has 0 saturated heterocycles. The third kappa shape index (κ3) is 4.14.